The average molecular weight is 483 g/mol. The lowest BCUT2D eigenvalue weighted by atomic mass is 10.2. The minimum Gasteiger partial charge on any atom is -0.445 e. The number of nitrogens with one attached hydrogen (secondary N) is 2. The molecule has 2 heterocycles. The monoisotopic (exact) mass is 482 g/mol. The van der Waals surface area contributed by atoms with Crippen LogP contribution >= 0.6 is 11.3 Å². The summed E-state index contributed by atoms with van der Waals surface area (Å²) in [5.74, 6) is -0.713. The van der Waals surface area contributed by atoms with Gasteiger partial charge in [0.05, 0.1) is 11.4 Å². The topological polar surface area (TPSA) is 111 Å². The molecule has 10 heteroatoms. The Labute approximate surface area is 200 Å². The molecule has 0 atom stereocenters. The summed E-state index contributed by atoms with van der Waals surface area (Å²) in [6.45, 7) is 2.83. The molecule has 34 heavy (non-hydrogen) atoms. The van der Waals surface area contributed by atoms with Crippen LogP contribution in [0.15, 0.2) is 54.6 Å². The van der Waals surface area contributed by atoms with Crippen LogP contribution < -0.4 is 10.8 Å². The lowest BCUT2D eigenvalue weighted by molar-refractivity contribution is -0.117. The number of thiophene rings is 1. The molecule has 1 aliphatic rings. The van der Waals surface area contributed by atoms with Crippen molar-refractivity contribution in [3.8, 4) is 0 Å². The van der Waals surface area contributed by atoms with Crippen molar-refractivity contribution < 1.29 is 24.3 Å². The number of nitrogens with zero attached hydrogens (tertiary/aromatic N) is 2. The molecule has 4 rings (SSSR count). The zero-order valence-corrected chi connectivity index (χ0v) is 19.3. The Morgan fingerprint density at radius 2 is 1.82 bits per heavy atom. The van der Waals surface area contributed by atoms with Crippen molar-refractivity contribution >= 4 is 45.0 Å². The molecule has 1 aliphatic heterocycles. The number of anilines is 1. The van der Waals surface area contributed by atoms with E-state index in [1.54, 1.807) is 28.6 Å². The smallest absolute Gasteiger partial charge is 0.410 e. The third kappa shape index (κ3) is 6.10. The summed E-state index contributed by atoms with van der Waals surface area (Å²) < 4.78 is 6.26. The first-order valence-electron chi connectivity index (χ1n) is 11.0. The van der Waals surface area contributed by atoms with Gasteiger partial charge < -0.3 is 15.0 Å². The fraction of sp³-hybridized carbons (Fsp3) is 0.292. The molecule has 0 saturated carbocycles. The van der Waals surface area contributed by atoms with Crippen molar-refractivity contribution in [1.29, 1.82) is 0 Å². The molecule has 0 unspecified atom stereocenters. The molecular weight excluding hydrogens is 456 g/mol. The number of carbonyl (C=O) groups excluding carboxylic acids is 3. The fourth-order valence-electron chi connectivity index (χ4n) is 3.80. The van der Waals surface area contributed by atoms with E-state index in [1.165, 1.54) is 11.3 Å². The first kappa shape index (κ1) is 23.7. The molecule has 3 aromatic rings. The van der Waals surface area contributed by atoms with Gasteiger partial charge in [0.15, 0.2) is 0 Å². The van der Waals surface area contributed by atoms with Crippen LogP contribution in [-0.2, 0) is 16.1 Å². The number of fused-ring (bicyclic) bond motifs is 1. The van der Waals surface area contributed by atoms with Crippen LogP contribution in [-0.4, -0.2) is 65.6 Å². The zero-order valence-electron chi connectivity index (χ0n) is 18.5. The van der Waals surface area contributed by atoms with Gasteiger partial charge >= 0.3 is 6.09 Å². The molecular formula is C24H26N4O5S. The third-order valence-corrected chi connectivity index (χ3v) is 6.64. The van der Waals surface area contributed by atoms with E-state index in [4.69, 9.17) is 9.94 Å². The molecule has 1 fully saturated rings. The van der Waals surface area contributed by atoms with Crippen molar-refractivity contribution in [3.05, 3.63) is 65.0 Å². The number of hydroxylamine groups is 1. The number of benzene rings is 2. The summed E-state index contributed by atoms with van der Waals surface area (Å²) in [7, 11) is 0. The molecule has 9 nitrogen and oxygen atoms in total. The molecule has 178 valence electrons. The standard InChI is InChI=1S/C24H26N4O5S/c29-22(25-19-8-7-18-13-21(23(30)26-32)34-20(18)14-19)15-27-9-4-10-28(12-11-27)24(31)33-16-17-5-2-1-3-6-17/h1-3,5-8,13-14,32H,4,9-12,15-16H2,(H,25,29)(H,26,30). The van der Waals surface area contributed by atoms with E-state index in [0.29, 0.717) is 36.7 Å². The highest BCUT2D eigenvalue weighted by atomic mass is 32.1. The molecule has 1 aromatic heterocycles. The maximum Gasteiger partial charge on any atom is 0.410 e. The number of hydrogen-bond acceptors (Lipinski definition) is 7. The third-order valence-electron chi connectivity index (χ3n) is 5.55. The summed E-state index contributed by atoms with van der Waals surface area (Å²) in [5.41, 5.74) is 3.21. The normalized spacial score (nSPS) is 14.4. The molecule has 0 spiro atoms. The molecule has 0 radical (unpaired) electrons. The maximum absolute atomic E-state index is 12.6. The van der Waals surface area contributed by atoms with E-state index in [2.05, 4.69) is 5.32 Å². The number of hydrogen-bond donors (Lipinski definition) is 3. The second kappa shape index (κ2) is 11.1. The Balaban J connectivity index is 1.26. The Bertz CT molecular complexity index is 1170. The van der Waals surface area contributed by atoms with E-state index in [9.17, 15) is 14.4 Å². The van der Waals surface area contributed by atoms with E-state index in [1.807, 2.05) is 41.3 Å². The lowest BCUT2D eigenvalue weighted by Gasteiger charge is -2.21. The Morgan fingerprint density at radius 3 is 2.62 bits per heavy atom. The van der Waals surface area contributed by atoms with Crippen LogP contribution in [0.1, 0.15) is 21.7 Å². The van der Waals surface area contributed by atoms with Gasteiger partial charge in [-0.2, -0.15) is 0 Å². The van der Waals surface area contributed by atoms with E-state index >= 15 is 0 Å². The van der Waals surface area contributed by atoms with Crippen LogP contribution in [0.3, 0.4) is 0 Å². The van der Waals surface area contributed by atoms with Gasteiger partial charge in [-0.05, 0) is 35.6 Å². The van der Waals surface area contributed by atoms with Crippen molar-refractivity contribution in [3.63, 3.8) is 0 Å². The summed E-state index contributed by atoms with van der Waals surface area (Å²) in [5, 5.41) is 12.6. The van der Waals surface area contributed by atoms with Gasteiger partial charge in [0.2, 0.25) is 5.91 Å². The van der Waals surface area contributed by atoms with Crippen LogP contribution in [0.4, 0.5) is 10.5 Å². The van der Waals surface area contributed by atoms with E-state index in [-0.39, 0.29) is 25.2 Å². The maximum atomic E-state index is 12.6. The fourth-order valence-corrected chi connectivity index (χ4v) is 4.79. The predicted molar refractivity (Wildman–Crippen MR) is 129 cm³/mol. The van der Waals surface area contributed by atoms with Gasteiger partial charge in [-0.3, -0.25) is 19.7 Å². The first-order valence-corrected chi connectivity index (χ1v) is 11.8. The number of amides is 3. The molecule has 3 N–H and O–H groups in total. The van der Waals surface area contributed by atoms with Crippen molar-refractivity contribution in [2.75, 3.05) is 38.0 Å². The zero-order chi connectivity index (χ0) is 23.9. The Morgan fingerprint density at radius 1 is 1.00 bits per heavy atom. The number of ether oxygens (including phenoxy) is 1. The van der Waals surface area contributed by atoms with Crippen LogP contribution in [0.5, 0.6) is 0 Å². The molecule has 1 saturated heterocycles. The second-order valence-corrected chi connectivity index (χ2v) is 9.09. The van der Waals surface area contributed by atoms with Gasteiger partial charge in [-0.15, -0.1) is 11.3 Å². The van der Waals surface area contributed by atoms with Gasteiger partial charge in [0, 0.05) is 36.6 Å². The van der Waals surface area contributed by atoms with Crippen molar-refractivity contribution in [2.24, 2.45) is 0 Å². The molecule has 0 aliphatic carbocycles. The number of rotatable bonds is 6. The average Bonchev–Trinajstić information content (AvgIpc) is 3.14. The predicted octanol–water partition coefficient (Wildman–Crippen LogP) is 3.30. The number of carbonyl (C=O) groups is 3. The summed E-state index contributed by atoms with van der Waals surface area (Å²) in [4.78, 5) is 40.7. The molecule has 0 bridgehead atoms. The Hall–Kier alpha value is -3.47. The van der Waals surface area contributed by atoms with E-state index < -0.39 is 5.91 Å². The van der Waals surface area contributed by atoms with Gasteiger partial charge in [0.1, 0.15) is 6.61 Å². The van der Waals surface area contributed by atoms with Crippen LogP contribution in [0.2, 0.25) is 0 Å². The highest BCUT2D eigenvalue weighted by Crippen LogP contribution is 2.28. The minimum absolute atomic E-state index is 0.149. The van der Waals surface area contributed by atoms with Crippen LogP contribution in [0, 0.1) is 0 Å². The van der Waals surface area contributed by atoms with Gasteiger partial charge in [0.25, 0.3) is 5.91 Å². The SMILES string of the molecule is O=C(CN1CCCN(C(=O)OCc2ccccc2)CC1)Nc1ccc2cc(C(=O)NO)sc2c1. The largest absolute Gasteiger partial charge is 0.445 e. The minimum atomic E-state index is -0.564. The summed E-state index contributed by atoms with van der Waals surface area (Å²) >= 11 is 1.23. The summed E-state index contributed by atoms with van der Waals surface area (Å²) in [6.07, 6.45) is 0.415. The van der Waals surface area contributed by atoms with Crippen molar-refractivity contribution in [1.82, 2.24) is 15.3 Å². The van der Waals surface area contributed by atoms with Crippen molar-refractivity contribution in [2.45, 2.75) is 13.0 Å². The second-order valence-electron chi connectivity index (χ2n) is 8.01. The van der Waals surface area contributed by atoms with Gasteiger partial charge in [-0.1, -0.05) is 36.4 Å². The van der Waals surface area contributed by atoms with E-state index in [0.717, 1.165) is 22.1 Å². The lowest BCUT2D eigenvalue weighted by Crippen LogP contribution is -2.38. The Kier molecular flexibility index (Phi) is 7.73. The summed E-state index contributed by atoms with van der Waals surface area (Å²) in [6, 6.07) is 16.6. The van der Waals surface area contributed by atoms with Crippen LogP contribution in [0.25, 0.3) is 10.1 Å². The molecule has 3 amide bonds. The first-order chi connectivity index (χ1) is 16.5. The quantitative estimate of drug-likeness (QED) is 0.367. The highest BCUT2D eigenvalue weighted by Gasteiger charge is 2.21. The molecule has 2 aromatic carbocycles. The van der Waals surface area contributed by atoms with Gasteiger partial charge in [-0.25, -0.2) is 10.3 Å². The highest BCUT2D eigenvalue weighted by molar-refractivity contribution is 7.20.